The molecule has 0 radical (unpaired) electrons. The van der Waals surface area contributed by atoms with Gasteiger partial charge in [0.15, 0.2) is 12.4 Å². The van der Waals surface area contributed by atoms with Gasteiger partial charge in [0, 0.05) is 31.5 Å². The number of ketones is 1. The smallest absolute Gasteiger partial charge is 0.260 e. The van der Waals surface area contributed by atoms with Crippen LogP contribution in [0.15, 0.2) is 30.3 Å². The summed E-state index contributed by atoms with van der Waals surface area (Å²) >= 11 is 0. The van der Waals surface area contributed by atoms with Gasteiger partial charge in [-0.05, 0) is 60.7 Å². The molecule has 1 fully saturated rings. The lowest BCUT2D eigenvalue weighted by Crippen LogP contribution is -2.53. The van der Waals surface area contributed by atoms with E-state index in [2.05, 4.69) is 20.8 Å². The van der Waals surface area contributed by atoms with Crippen molar-refractivity contribution in [2.45, 2.75) is 64.9 Å². The molecule has 1 amide bonds. The van der Waals surface area contributed by atoms with Gasteiger partial charge in [0.2, 0.25) is 0 Å². The highest BCUT2D eigenvalue weighted by Crippen LogP contribution is 2.40. The van der Waals surface area contributed by atoms with E-state index in [1.54, 1.807) is 7.11 Å². The third-order valence-corrected chi connectivity index (χ3v) is 7.08. The molecule has 0 unspecified atom stereocenters. The molecule has 2 aliphatic rings. The number of benzene rings is 2. The molecule has 2 heterocycles. The Morgan fingerprint density at radius 1 is 1.09 bits per heavy atom. The number of carbonyl (C=O) groups is 2. The van der Waals surface area contributed by atoms with Gasteiger partial charge in [0.25, 0.3) is 5.91 Å². The van der Waals surface area contributed by atoms with Crippen LogP contribution in [-0.2, 0) is 10.2 Å². The number of hydrogen-bond acceptors (Lipinski definition) is 5. The molecule has 0 N–H and O–H groups in total. The predicted molar refractivity (Wildman–Crippen MR) is 131 cm³/mol. The molecule has 6 nitrogen and oxygen atoms in total. The summed E-state index contributed by atoms with van der Waals surface area (Å²) in [4.78, 5) is 27.6. The Labute approximate surface area is 202 Å². The Bertz CT molecular complexity index is 1110. The van der Waals surface area contributed by atoms with Gasteiger partial charge in [0.05, 0.1) is 19.1 Å². The Balaban J connectivity index is 1.39. The summed E-state index contributed by atoms with van der Waals surface area (Å²) in [6.45, 7) is 11.4. The van der Waals surface area contributed by atoms with Gasteiger partial charge < -0.3 is 19.1 Å². The molecule has 2 aromatic carbocycles. The largest absolute Gasteiger partial charge is 0.497 e. The van der Waals surface area contributed by atoms with Crippen LogP contribution in [0.5, 0.6) is 17.2 Å². The molecular formula is C28H35NO5. The average molecular weight is 466 g/mol. The van der Waals surface area contributed by atoms with Gasteiger partial charge in [-0.2, -0.15) is 0 Å². The zero-order valence-electron chi connectivity index (χ0n) is 21.1. The standard InChI is InChI=1S/C28H35NO5/c1-18-13-21-23(30)16-28(34-25(21)14-19(18)2)9-11-29(12-10-28)26(31)17-33-24-8-7-20(32-6)15-22(24)27(3,4)5/h7-8,13-15H,9-12,16-17H2,1-6H3. The minimum absolute atomic E-state index is 0.0243. The zero-order chi connectivity index (χ0) is 24.7. The van der Waals surface area contributed by atoms with Crippen LogP contribution in [0.3, 0.4) is 0 Å². The monoisotopic (exact) mass is 465 g/mol. The maximum atomic E-state index is 12.9. The number of methoxy groups -OCH3 is 1. The van der Waals surface area contributed by atoms with Crippen LogP contribution >= 0.6 is 0 Å². The molecule has 6 heteroatoms. The van der Waals surface area contributed by atoms with E-state index in [1.807, 2.05) is 49.1 Å². The highest BCUT2D eigenvalue weighted by Gasteiger charge is 2.43. The van der Waals surface area contributed by atoms with Crippen LogP contribution in [-0.4, -0.2) is 49.0 Å². The van der Waals surface area contributed by atoms with Crippen molar-refractivity contribution >= 4 is 11.7 Å². The first-order valence-corrected chi connectivity index (χ1v) is 11.9. The quantitative estimate of drug-likeness (QED) is 0.635. The Morgan fingerprint density at radius 3 is 2.41 bits per heavy atom. The van der Waals surface area contributed by atoms with E-state index >= 15 is 0 Å². The van der Waals surface area contributed by atoms with E-state index in [0.29, 0.717) is 49.4 Å². The maximum Gasteiger partial charge on any atom is 0.260 e. The predicted octanol–water partition coefficient (Wildman–Crippen LogP) is 5.01. The minimum Gasteiger partial charge on any atom is -0.497 e. The van der Waals surface area contributed by atoms with Crippen LogP contribution in [0.25, 0.3) is 0 Å². The summed E-state index contributed by atoms with van der Waals surface area (Å²) in [6.07, 6.45) is 1.63. The Hall–Kier alpha value is -3.02. The number of fused-ring (bicyclic) bond motifs is 1. The highest BCUT2D eigenvalue weighted by molar-refractivity contribution is 6.00. The van der Waals surface area contributed by atoms with Crippen molar-refractivity contribution < 1.29 is 23.8 Å². The van der Waals surface area contributed by atoms with Crippen molar-refractivity contribution in [3.05, 3.63) is 52.6 Å². The molecule has 0 aromatic heterocycles. The van der Waals surface area contributed by atoms with Crippen molar-refractivity contribution in [3.8, 4) is 17.2 Å². The second kappa shape index (κ2) is 8.97. The van der Waals surface area contributed by atoms with Gasteiger partial charge in [-0.3, -0.25) is 9.59 Å². The van der Waals surface area contributed by atoms with Gasteiger partial charge >= 0.3 is 0 Å². The van der Waals surface area contributed by atoms with Crippen LogP contribution in [0.2, 0.25) is 0 Å². The van der Waals surface area contributed by atoms with E-state index in [0.717, 1.165) is 22.4 Å². The number of piperidine rings is 1. The molecular weight excluding hydrogens is 430 g/mol. The van der Waals surface area contributed by atoms with E-state index in [4.69, 9.17) is 14.2 Å². The highest BCUT2D eigenvalue weighted by atomic mass is 16.5. The number of rotatable bonds is 4. The summed E-state index contributed by atoms with van der Waals surface area (Å²) in [5.74, 6) is 2.20. The normalized spacial score (nSPS) is 17.2. The SMILES string of the molecule is COc1ccc(OCC(=O)N2CCC3(CC2)CC(=O)c2cc(C)c(C)cc2O3)c(C(C)(C)C)c1. The molecule has 0 aliphatic carbocycles. The van der Waals surface area contributed by atoms with Crippen LogP contribution in [0, 0.1) is 13.8 Å². The fraction of sp³-hybridized carbons (Fsp3) is 0.500. The lowest BCUT2D eigenvalue weighted by molar-refractivity contribution is -0.137. The number of ether oxygens (including phenoxy) is 3. The van der Waals surface area contributed by atoms with E-state index < -0.39 is 5.60 Å². The number of carbonyl (C=O) groups excluding carboxylic acids is 2. The van der Waals surface area contributed by atoms with Gasteiger partial charge in [-0.15, -0.1) is 0 Å². The van der Waals surface area contributed by atoms with Crippen molar-refractivity contribution in [1.82, 2.24) is 4.90 Å². The summed E-state index contributed by atoms with van der Waals surface area (Å²) in [5, 5.41) is 0. The number of likely N-dealkylation sites (tertiary alicyclic amines) is 1. The molecule has 0 bridgehead atoms. The Kier molecular flexibility index (Phi) is 6.36. The van der Waals surface area contributed by atoms with Crippen molar-refractivity contribution in [2.24, 2.45) is 0 Å². The summed E-state index contributed by atoms with van der Waals surface area (Å²) < 4.78 is 17.7. The second-order valence-electron chi connectivity index (χ2n) is 10.6. The maximum absolute atomic E-state index is 12.9. The molecule has 0 atom stereocenters. The van der Waals surface area contributed by atoms with Crippen LogP contribution < -0.4 is 14.2 Å². The molecule has 182 valence electrons. The van der Waals surface area contributed by atoms with Crippen molar-refractivity contribution in [1.29, 1.82) is 0 Å². The minimum atomic E-state index is -0.529. The lowest BCUT2D eigenvalue weighted by atomic mass is 9.82. The van der Waals surface area contributed by atoms with Crippen LogP contribution in [0.1, 0.15) is 67.1 Å². The Morgan fingerprint density at radius 2 is 1.76 bits per heavy atom. The van der Waals surface area contributed by atoms with Gasteiger partial charge in [-0.1, -0.05) is 20.8 Å². The number of aryl methyl sites for hydroxylation is 2. The molecule has 1 spiro atoms. The third kappa shape index (κ3) is 4.77. The first-order chi connectivity index (χ1) is 16.0. The number of Topliss-reactive ketones (excluding diaryl/α,β-unsaturated/α-hetero) is 1. The van der Waals surface area contributed by atoms with E-state index in [-0.39, 0.29) is 23.7 Å². The number of nitrogens with zero attached hydrogens (tertiary/aromatic N) is 1. The second-order valence-corrected chi connectivity index (χ2v) is 10.6. The molecule has 34 heavy (non-hydrogen) atoms. The average Bonchev–Trinajstić information content (AvgIpc) is 2.78. The first-order valence-electron chi connectivity index (χ1n) is 11.9. The molecule has 4 rings (SSSR count). The fourth-order valence-electron chi connectivity index (χ4n) is 4.77. The fourth-order valence-corrected chi connectivity index (χ4v) is 4.77. The molecule has 2 aromatic rings. The van der Waals surface area contributed by atoms with Crippen molar-refractivity contribution in [2.75, 3.05) is 26.8 Å². The lowest BCUT2D eigenvalue weighted by Gasteiger charge is -2.44. The summed E-state index contributed by atoms with van der Waals surface area (Å²) in [5.41, 5.74) is 3.20. The third-order valence-electron chi connectivity index (χ3n) is 7.08. The van der Waals surface area contributed by atoms with E-state index in [9.17, 15) is 9.59 Å². The van der Waals surface area contributed by atoms with Crippen molar-refractivity contribution in [3.63, 3.8) is 0 Å². The number of amides is 1. The molecule has 0 saturated carbocycles. The van der Waals surface area contributed by atoms with Gasteiger partial charge in [-0.25, -0.2) is 0 Å². The zero-order valence-corrected chi connectivity index (χ0v) is 21.1. The summed E-state index contributed by atoms with van der Waals surface area (Å²) in [6, 6.07) is 9.57. The van der Waals surface area contributed by atoms with Crippen LogP contribution in [0.4, 0.5) is 0 Å². The number of hydrogen-bond donors (Lipinski definition) is 0. The molecule has 1 saturated heterocycles. The summed E-state index contributed by atoms with van der Waals surface area (Å²) in [7, 11) is 1.64. The first kappa shape index (κ1) is 24.1. The van der Waals surface area contributed by atoms with Gasteiger partial charge in [0.1, 0.15) is 22.8 Å². The molecule has 2 aliphatic heterocycles. The topological polar surface area (TPSA) is 65.1 Å². The van der Waals surface area contributed by atoms with E-state index in [1.165, 1.54) is 0 Å².